The zero-order valence-electron chi connectivity index (χ0n) is 19.2. The fourth-order valence-electron chi connectivity index (χ4n) is 3.39. The van der Waals surface area contributed by atoms with Gasteiger partial charge in [-0.25, -0.2) is 12.8 Å². The predicted octanol–water partition coefficient (Wildman–Crippen LogP) is 4.71. The Bertz CT molecular complexity index is 1270. The first-order valence-corrected chi connectivity index (χ1v) is 11.7. The molecule has 0 heterocycles. The highest BCUT2D eigenvalue weighted by atomic mass is 32.2. The third kappa shape index (κ3) is 5.26. The molecule has 9 heteroatoms. The van der Waals surface area contributed by atoms with Gasteiger partial charge in [0.05, 0.1) is 39.1 Å². The number of rotatable bonds is 9. The molecule has 0 bridgehead atoms. The van der Waals surface area contributed by atoms with Crippen LogP contribution in [0, 0.1) is 5.82 Å². The van der Waals surface area contributed by atoms with Gasteiger partial charge >= 0.3 is 0 Å². The third-order valence-corrected chi connectivity index (χ3v) is 6.80. The van der Waals surface area contributed by atoms with Gasteiger partial charge in [0.15, 0.2) is 32.9 Å². The topological polar surface area (TPSA) is 91.3 Å². The van der Waals surface area contributed by atoms with Crippen LogP contribution >= 0.6 is 0 Å². The van der Waals surface area contributed by atoms with E-state index in [0.29, 0.717) is 28.4 Å². The fraction of sp³-hybridized carbons (Fsp3) is 0.200. The number of halogens is 1. The molecule has 0 spiro atoms. The third-order valence-electron chi connectivity index (χ3n) is 5.14. The number of benzene rings is 3. The SMILES string of the molecule is COc1ccc(/C=C\c2cc(OC)c(OC)c(OC)c2)c(CS(=O)(=O)c2ccc(O)cc2)c1F. The summed E-state index contributed by atoms with van der Waals surface area (Å²) in [4.78, 5) is -0.0351. The molecule has 180 valence electrons. The normalized spacial score (nSPS) is 11.4. The van der Waals surface area contributed by atoms with Crippen LogP contribution in [0.2, 0.25) is 0 Å². The fourth-order valence-corrected chi connectivity index (χ4v) is 4.78. The van der Waals surface area contributed by atoms with Gasteiger partial charge < -0.3 is 24.1 Å². The molecule has 0 saturated carbocycles. The van der Waals surface area contributed by atoms with E-state index in [1.165, 1.54) is 58.8 Å². The molecule has 0 saturated heterocycles. The van der Waals surface area contributed by atoms with Crippen LogP contribution in [0.25, 0.3) is 12.2 Å². The molecule has 0 radical (unpaired) electrons. The van der Waals surface area contributed by atoms with Gasteiger partial charge in [-0.3, -0.25) is 0 Å². The molecule has 0 aliphatic heterocycles. The minimum atomic E-state index is -3.91. The molecule has 0 aromatic heterocycles. The highest BCUT2D eigenvalue weighted by molar-refractivity contribution is 7.90. The number of phenols is 1. The van der Waals surface area contributed by atoms with E-state index in [-0.39, 0.29) is 22.0 Å². The zero-order valence-corrected chi connectivity index (χ0v) is 20.0. The molecule has 34 heavy (non-hydrogen) atoms. The second-order valence-electron chi connectivity index (χ2n) is 7.19. The Morgan fingerprint density at radius 2 is 1.41 bits per heavy atom. The monoisotopic (exact) mass is 488 g/mol. The van der Waals surface area contributed by atoms with E-state index >= 15 is 4.39 Å². The maximum atomic E-state index is 15.2. The summed E-state index contributed by atoms with van der Waals surface area (Å²) in [5.74, 6) is -0.193. The van der Waals surface area contributed by atoms with Gasteiger partial charge in [-0.15, -0.1) is 0 Å². The van der Waals surface area contributed by atoms with Gasteiger partial charge in [-0.05, 0) is 53.6 Å². The molecule has 0 aliphatic rings. The average Bonchev–Trinajstić information content (AvgIpc) is 2.83. The summed E-state index contributed by atoms with van der Waals surface area (Å²) in [6, 6.07) is 11.5. The number of hydrogen-bond acceptors (Lipinski definition) is 7. The van der Waals surface area contributed by atoms with E-state index in [9.17, 15) is 13.5 Å². The summed E-state index contributed by atoms with van der Waals surface area (Å²) in [5, 5.41) is 9.45. The van der Waals surface area contributed by atoms with Crippen LogP contribution in [0.5, 0.6) is 28.7 Å². The van der Waals surface area contributed by atoms with Crippen molar-refractivity contribution < 1.29 is 36.9 Å². The molecular formula is C25H25FO7S. The highest BCUT2D eigenvalue weighted by Gasteiger charge is 2.22. The standard InChI is InChI=1S/C25H25FO7S/c1-30-21-12-7-17(6-5-16-13-22(31-2)25(33-4)23(14-16)32-3)20(24(21)26)15-34(28,29)19-10-8-18(27)9-11-19/h5-14,27H,15H2,1-4H3/b6-5-. The molecule has 0 amide bonds. The molecule has 3 rings (SSSR count). The summed E-state index contributed by atoms with van der Waals surface area (Å²) in [6.45, 7) is 0. The quantitative estimate of drug-likeness (QED) is 0.436. The molecule has 7 nitrogen and oxygen atoms in total. The van der Waals surface area contributed by atoms with Crippen molar-refractivity contribution in [3.05, 3.63) is 71.0 Å². The minimum absolute atomic E-state index is 0.0351. The molecule has 1 N–H and O–H groups in total. The van der Waals surface area contributed by atoms with Crippen molar-refractivity contribution >= 4 is 22.0 Å². The number of phenolic OH excluding ortho intramolecular Hbond substituents is 1. The van der Waals surface area contributed by atoms with Crippen LogP contribution in [-0.4, -0.2) is 42.0 Å². The zero-order chi connectivity index (χ0) is 24.9. The molecule has 3 aromatic carbocycles. The number of sulfone groups is 1. The van der Waals surface area contributed by atoms with Crippen LogP contribution < -0.4 is 18.9 Å². The van der Waals surface area contributed by atoms with E-state index in [4.69, 9.17) is 18.9 Å². The Labute approximate surface area is 197 Å². The number of ether oxygens (including phenoxy) is 4. The van der Waals surface area contributed by atoms with E-state index < -0.39 is 21.4 Å². The Morgan fingerprint density at radius 3 is 1.94 bits per heavy atom. The predicted molar refractivity (Wildman–Crippen MR) is 127 cm³/mol. The Morgan fingerprint density at radius 1 is 0.824 bits per heavy atom. The molecule has 0 unspecified atom stereocenters. The number of methoxy groups -OCH3 is 4. The second-order valence-corrected chi connectivity index (χ2v) is 9.18. The lowest BCUT2D eigenvalue weighted by atomic mass is 10.1. The Hall–Kier alpha value is -3.72. The van der Waals surface area contributed by atoms with Gasteiger partial charge in [-0.2, -0.15) is 0 Å². The van der Waals surface area contributed by atoms with Crippen LogP contribution in [0.15, 0.2) is 53.4 Å². The van der Waals surface area contributed by atoms with Crippen LogP contribution in [-0.2, 0) is 15.6 Å². The summed E-state index contributed by atoms with van der Waals surface area (Å²) in [6.07, 6.45) is 3.29. The summed E-state index contributed by atoms with van der Waals surface area (Å²) in [5.41, 5.74) is 0.976. The van der Waals surface area contributed by atoms with Crippen LogP contribution in [0.3, 0.4) is 0 Å². The van der Waals surface area contributed by atoms with Crippen molar-refractivity contribution in [3.63, 3.8) is 0 Å². The molecule has 0 atom stereocenters. The van der Waals surface area contributed by atoms with E-state index in [2.05, 4.69) is 0 Å². The van der Waals surface area contributed by atoms with Crippen molar-refractivity contribution in [2.45, 2.75) is 10.6 Å². The van der Waals surface area contributed by atoms with E-state index in [0.717, 1.165) is 0 Å². The van der Waals surface area contributed by atoms with Gasteiger partial charge in [0.2, 0.25) is 5.75 Å². The first-order valence-electron chi connectivity index (χ1n) is 10.1. The van der Waals surface area contributed by atoms with Gasteiger partial charge in [0, 0.05) is 5.56 Å². The van der Waals surface area contributed by atoms with Crippen LogP contribution in [0.1, 0.15) is 16.7 Å². The lowest BCUT2D eigenvalue weighted by Crippen LogP contribution is -2.09. The lowest BCUT2D eigenvalue weighted by molar-refractivity contribution is 0.324. The Kier molecular flexibility index (Phi) is 7.68. The molecule has 0 aliphatic carbocycles. The lowest BCUT2D eigenvalue weighted by Gasteiger charge is -2.13. The van der Waals surface area contributed by atoms with Crippen molar-refractivity contribution in [2.24, 2.45) is 0 Å². The average molecular weight is 489 g/mol. The van der Waals surface area contributed by atoms with Crippen molar-refractivity contribution in [2.75, 3.05) is 28.4 Å². The number of hydrogen-bond donors (Lipinski definition) is 1. The smallest absolute Gasteiger partial charge is 0.203 e. The van der Waals surface area contributed by atoms with Crippen molar-refractivity contribution in [1.82, 2.24) is 0 Å². The van der Waals surface area contributed by atoms with E-state index in [1.807, 2.05) is 0 Å². The summed E-state index contributed by atoms with van der Waals surface area (Å²) < 4.78 is 62.2. The first kappa shape index (κ1) is 24.9. The minimum Gasteiger partial charge on any atom is -0.508 e. The molecule has 3 aromatic rings. The first-order chi connectivity index (χ1) is 16.2. The van der Waals surface area contributed by atoms with Gasteiger partial charge in [-0.1, -0.05) is 18.2 Å². The molecule has 0 fully saturated rings. The Balaban J connectivity index is 2.05. The maximum Gasteiger partial charge on any atom is 0.203 e. The van der Waals surface area contributed by atoms with E-state index in [1.54, 1.807) is 30.4 Å². The summed E-state index contributed by atoms with van der Waals surface area (Å²) >= 11 is 0. The largest absolute Gasteiger partial charge is 0.508 e. The summed E-state index contributed by atoms with van der Waals surface area (Å²) in [7, 11) is 1.89. The maximum absolute atomic E-state index is 15.2. The van der Waals surface area contributed by atoms with Gasteiger partial charge in [0.25, 0.3) is 0 Å². The van der Waals surface area contributed by atoms with Crippen molar-refractivity contribution in [1.29, 1.82) is 0 Å². The number of aromatic hydroxyl groups is 1. The van der Waals surface area contributed by atoms with Crippen molar-refractivity contribution in [3.8, 4) is 28.7 Å². The highest BCUT2D eigenvalue weighted by Crippen LogP contribution is 2.39. The van der Waals surface area contributed by atoms with Crippen LogP contribution in [0.4, 0.5) is 4.39 Å². The van der Waals surface area contributed by atoms with Gasteiger partial charge in [0.1, 0.15) is 5.75 Å². The molecular weight excluding hydrogens is 463 g/mol. The second kappa shape index (κ2) is 10.5.